The SMILES string of the molecule is COc1ccc([N+](=O)[O-])cc1NC(=O)/C=C/c1ccc(-c2ccccc2)o1. The fourth-order valence-corrected chi connectivity index (χ4v) is 2.44. The topological polar surface area (TPSA) is 94.6 Å². The zero-order valence-corrected chi connectivity index (χ0v) is 14.4. The first-order valence-electron chi connectivity index (χ1n) is 8.03. The van der Waals surface area contributed by atoms with Crippen LogP contribution in [-0.4, -0.2) is 17.9 Å². The summed E-state index contributed by atoms with van der Waals surface area (Å²) in [5, 5.41) is 13.5. The van der Waals surface area contributed by atoms with Crippen molar-refractivity contribution < 1.29 is 18.9 Å². The second kappa shape index (κ2) is 8.01. The first-order valence-corrected chi connectivity index (χ1v) is 8.03. The van der Waals surface area contributed by atoms with E-state index in [1.807, 2.05) is 36.4 Å². The van der Waals surface area contributed by atoms with Crippen molar-refractivity contribution in [1.29, 1.82) is 0 Å². The average Bonchev–Trinajstić information content (AvgIpc) is 3.16. The Morgan fingerprint density at radius 3 is 2.63 bits per heavy atom. The van der Waals surface area contributed by atoms with Crippen molar-refractivity contribution in [3.05, 3.63) is 82.6 Å². The largest absolute Gasteiger partial charge is 0.495 e. The number of hydrogen-bond donors (Lipinski definition) is 1. The molecule has 0 aliphatic heterocycles. The van der Waals surface area contributed by atoms with Crippen molar-refractivity contribution in [2.45, 2.75) is 0 Å². The highest BCUT2D eigenvalue weighted by Gasteiger charge is 2.12. The van der Waals surface area contributed by atoms with Crippen LogP contribution in [-0.2, 0) is 4.79 Å². The molecule has 1 heterocycles. The molecule has 0 aliphatic rings. The number of methoxy groups -OCH3 is 1. The maximum atomic E-state index is 12.1. The lowest BCUT2D eigenvalue weighted by Crippen LogP contribution is -2.09. The number of non-ortho nitro benzene ring substituents is 1. The molecule has 3 rings (SSSR count). The molecular formula is C20H16N2O5. The number of carbonyl (C=O) groups excluding carboxylic acids is 1. The average molecular weight is 364 g/mol. The van der Waals surface area contributed by atoms with Crippen molar-refractivity contribution in [3.63, 3.8) is 0 Å². The number of amides is 1. The van der Waals surface area contributed by atoms with Gasteiger partial charge in [-0.3, -0.25) is 14.9 Å². The van der Waals surface area contributed by atoms with Gasteiger partial charge in [0.2, 0.25) is 5.91 Å². The van der Waals surface area contributed by atoms with Gasteiger partial charge in [-0.1, -0.05) is 30.3 Å². The van der Waals surface area contributed by atoms with Crippen LogP contribution in [0, 0.1) is 10.1 Å². The van der Waals surface area contributed by atoms with E-state index >= 15 is 0 Å². The van der Waals surface area contributed by atoms with E-state index in [2.05, 4.69) is 5.32 Å². The summed E-state index contributed by atoms with van der Waals surface area (Å²) in [4.78, 5) is 22.5. The van der Waals surface area contributed by atoms with Crippen LogP contribution >= 0.6 is 0 Å². The lowest BCUT2D eigenvalue weighted by Gasteiger charge is -2.08. The van der Waals surface area contributed by atoms with Gasteiger partial charge < -0.3 is 14.5 Å². The van der Waals surface area contributed by atoms with Crippen molar-refractivity contribution in [3.8, 4) is 17.1 Å². The van der Waals surface area contributed by atoms with E-state index in [-0.39, 0.29) is 11.4 Å². The van der Waals surface area contributed by atoms with Gasteiger partial charge in [-0.25, -0.2) is 0 Å². The number of ether oxygens (including phenoxy) is 1. The van der Waals surface area contributed by atoms with E-state index in [1.54, 1.807) is 6.07 Å². The molecule has 0 bridgehead atoms. The minimum absolute atomic E-state index is 0.145. The third-order valence-electron chi connectivity index (χ3n) is 3.74. The van der Waals surface area contributed by atoms with Gasteiger partial charge in [0, 0.05) is 23.8 Å². The molecule has 0 fully saturated rings. The number of nitro benzene ring substituents is 1. The number of anilines is 1. The Kier molecular flexibility index (Phi) is 5.32. The van der Waals surface area contributed by atoms with E-state index in [9.17, 15) is 14.9 Å². The van der Waals surface area contributed by atoms with E-state index in [0.717, 1.165) is 5.56 Å². The second-order valence-electron chi connectivity index (χ2n) is 5.53. The molecule has 1 aromatic heterocycles. The quantitative estimate of drug-likeness (QED) is 0.394. The third-order valence-corrected chi connectivity index (χ3v) is 3.74. The Balaban J connectivity index is 1.72. The molecule has 0 saturated carbocycles. The van der Waals surface area contributed by atoms with Crippen LogP contribution in [0.3, 0.4) is 0 Å². The summed E-state index contributed by atoms with van der Waals surface area (Å²) in [6.45, 7) is 0. The molecule has 0 spiro atoms. The fraction of sp³-hybridized carbons (Fsp3) is 0.0500. The predicted molar refractivity (Wildman–Crippen MR) is 101 cm³/mol. The lowest BCUT2D eigenvalue weighted by molar-refractivity contribution is -0.384. The minimum atomic E-state index is -0.543. The summed E-state index contributed by atoms with van der Waals surface area (Å²) in [5.74, 6) is 1.06. The van der Waals surface area contributed by atoms with Crippen LogP contribution in [0.25, 0.3) is 17.4 Å². The van der Waals surface area contributed by atoms with Crippen LogP contribution in [0.1, 0.15) is 5.76 Å². The number of furan rings is 1. The molecule has 136 valence electrons. The van der Waals surface area contributed by atoms with Crippen LogP contribution in [0.5, 0.6) is 5.75 Å². The summed E-state index contributed by atoms with van der Waals surface area (Å²) in [5.41, 5.74) is 1.00. The number of nitro groups is 1. The number of nitrogens with one attached hydrogen (secondary N) is 1. The van der Waals surface area contributed by atoms with Gasteiger partial charge in [-0.2, -0.15) is 0 Å². The van der Waals surface area contributed by atoms with Gasteiger partial charge in [0.1, 0.15) is 17.3 Å². The first-order chi connectivity index (χ1) is 13.1. The smallest absolute Gasteiger partial charge is 0.271 e. The van der Waals surface area contributed by atoms with Gasteiger partial charge in [0.15, 0.2) is 0 Å². The Labute approximate surface area is 155 Å². The molecule has 3 aromatic rings. The Hall–Kier alpha value is -3.87. The molecule has 0 aliphatic carbocycles. The lowest BCUT2D eigenvalue weighted by atomic mass is 10.2. The van der Waals surface area contributed by atoms with Crippen molar-refractivity contribution >= 4 is 23.4 Å². The van der Waals surface area contributed by atoms with E-state index in [0.29, 0.717) is 17.3 Å². The van der Waals surface area contributed by atoms with E-state index < -0.39 is 10.8 Å². The normalized spacial score (nSPS) is 10.7. The third kappa shape index (κ3) is 4.40. The Morgan fingerprint density at radius 1 is 1.15 bits per heavy atom. The summed E-state index contributed by atoms with van der Waals surface area (Å²) in [6.07, 6.45) is 2.80. The van der Waals surface area contributed by atoms with Crippen molar-refractivity contribution in [2.24, 2.45) is 0 Å². The number of rotatable bonds is 6. The van der Waals surface area contributed by atoms with Crippen LogP contribution in [0.15, 0.2) is 71.2 Å². The molecule has 0 atom stereocenters. The standard InChI is InChI=1S/C20H16N2O5/c1-26-19-10-7-15(22(24)25)13-17(19)21-20(23)12-9-16-8-11-18(27-16)14-5-3-2-4-6-14/h2-13H,1H3,(H,21,23)/b12-9+. The van der Waals surface area contributed by atoms with Crippen molar-refractivity contribution in [1.82, 2.24) is 0 Å². The highest BCUT2D eigenvalue weighted by molar-refractivity contribution is 6.02. The molecule has 27 heavy (non-hydrogen) atoms. The molecule has 7 heteroatoms. The number of benzene rings is 2. The molecule has 0 unspecified atom stereocenters. The summed E-state index contributed by atoms with van der Waals surface area (Å²) >= 11 is 0. The van der Waals surface area contributed by atoms with Gasteiger partial charge in [0.25, 0.3) is 5.69 Å². The number of hydrogen-bond acceptors (Lipinski definition) is 5. The molecule has 1 amide bonds. The molecule has 1 N–H and O–H groups in total. The molecule has 0 radical (unpaired) electrons. The zero-order chi connectivity index (χ0) is 19.2. The van der Waals surface area contributed by atoms with Gasteiger partial charge in [0.05, 0.1) is 17.7 Å². The van der Waals surface area contributed by atoms with E-state index in [1.165, 1.54) is 37.5 Å². The van der Waals surface area contributed by atoms with E-state index in [4.69, 9.17) is 9.15 Å². The predicted octanol–water partition coefficient (Wildman–Crippen LogP) is 4.52. The second-order valence-corrected chi connectivity index (χ2v) is 5.53. The minimum Gasteiger partial charge on any atom is -0.495 e. The summed E-state index contributed by atoms with van der Waals surface area (Å²) in [7, 11) is 1.42. The van der Waals surface area contributed by atoms with Crippen molar-refractivity contribution in [2.75, 3.05) is 12.4 Å². The molecular weight excluding hydrogens is 348 g/mol. The number of carbonyl (C=O) groups is 1. The van der Waals surface area contributed by atoms with Gasteiger partial charge in [-0.05, 0) is 24.3 Å². The molecule has 7 nitrogen and oxygen atoms in total. The zero-order valence-electron chi connectivity index (χ0n) is 14.4. The molecule has 2 aromatic carbocycles. The van der Waals surface area contributed by atoms with Crippen LogP contribution in [0.2, 0.25) is 0 Å². The first kappa shape index (κ1) is 17.9. The maximum Gasteiger partial charge on any atom is 0.271 e. The van der Waals surface area contributed by atoms with Crippen LogP contribution in [0.4, 0.5) is 11.4 Å². The monoisotopic (exact) mass is 364 g/mol. The molecule has 0 saturated heterocycles. The fourth-order valence-electron chi connectivity index (χ4n) is 2.44. The highest BCUT2D eigenvalue weighted by Crippen LogP contribution is 2.29. The summed E-state index contributed by atoms with van der Waals surface area (Å²) in [6, 6.07) is 17.1. The highest BCUT2D eigenvalue weighted by atomic mass is 16.6. The maximum absolute atomic E-state index is 12.1. The Bertz CT molecular complexity index is 993. The number of nitrogens with zero attached hydrogens (tertiary/aromatic N) is 1. The Morgan fingerprint density at radius 2 is 1.93 bits per heavy atom. The summed E-state index contributed by atoms with van der Waals surface area (Å²) < 4.78 is 10.8. The van der Waals surface area contributed by atoms with Gasteiger partial charge in [-0.15, -0.1) is 0 Å². The van der Waals surface area contributed by atoms with Crippen LogP contribution < -0.4 is 10.1 Å². The van der Waals surface area contributed by atoms with Gasteiger partial charge >= 0.3 is 0 Å².